The molecule has 1 aliphatic heterocycles. The van der Waals surface area contributed by atoms with E-state index >= 15 is 0 Å². The Labute approximate surface area is 107 Å². The van der Waals surface area contributed by atoms with Gasteiger partial charge in [-0.3, -0.25) is 4.79 Å². The van der Waals surface area contributed by atoms with Crippen LogP contribution >= 0.6 is 0 Å². The Morgan fingerprint density at radius 1 is 1.33 bits per heavy atom. The van der Waals surface area contributed by atoms with Crippen molar-refractivity contribution >= 4 is 5.97 Å². The van der Waals surface area contributed by atoms with Gasteiger partial charge >= 0.3 is 5.97 Å². The molecule has 1 aliphatic rings. The van der Waals surface area contributed by atoms with E-state index in [4.69, 9.17) is 9.47 Å². The summed E-state index contributed by atoms with van der Waals surface area (Å²) < 4.78 is 10.3. The number of piperidine rings is 1. The molecule has 2 unspecified atom stereocenters. The van der Waals surface area contributed by atoms with Crippen molar-refractivity contribution in [2.75, 3.05) is 27.3 Å². The molecule has 0 saturated carbocycles. The fraction of sp³-hybridized carbons (Fsp3) is 0.500. The van der Waals surface area contributed by atoms with E-state index in [1.165, 1.54) is 7.11 Å². The highest BCUT2D eigenvalue weighted by Crippen LogP contribution is 2.36. The van der Waals surface area contributed by atoms with Gasteiger partial charge in [-0.15, -0.1) is 0 Å². The summed E-state index contributed by atoms with van der Waals surface area (Å²) in [5, 5.41) is 3.25. The van der Waals surface area contributed by atoms with Crippen LogP contribution in [0.3, 0.4) is 0 Å². The van der Waals surface area contributed by atoms with Crippen molar-refractivity contribution in [3.8, 4) is 5.75 Å². The average molecular weight is 249 g/mol. The van der Waals surface area contributed by atoms with Crippen LogP contribution in [0.2, 0.25) is 0 Å². The first kappa shape index (κ1) is 12.9. The predicted molar refractivity (Wildman–Crippen MR) is 68.7 cm³/mol. The van der Waals surface area contributed by atoms with Crippen molar-refractivity contribution in [1.82, 2.24) is 5.32 Å². The molecule has 0 amide bonds. The van der Waals surface area contributed by atoms with E-state index in [0.29, 0.717) is 6.54 Å². The molecule has 2 rings (SSSR count). The molecule has 1 saturated heterocycles. The van der Waals surface area contributed by atoms with Gasteiger partial charge in [-0.1, -0.05) is 18.2 Å². The lowest BCUT2D eigenvalue weighted by molar-refractivity contribution is -0.146. The maximum Gasteiger partial charge on any atom is 0.310 e. The zero-order valence-electron chi connectivity index (χ0n) is 10.8. The first-order chi connectivity index (χ1) is 8.77. The molecule has 4 nitrogen and oxygen atoms in total. The summed E-state index contributed by atoms with van der Waals surface area (Å²) >= 11 is 0. The lowest BCUT2D eigenvalue weighted by atomic mass is 9.81. The number of para-hydroxylation sites is 1. The van der Waals surface area contributed by atoms with Gasteiger partial charge in [-0.05, 0) is 24.6 Å². The van der Waals surface area contributed by atoms with Gasteiger partial charge in [0.15, 0.2) is 0 Å². The standard InChI is InChI=1S/C14H19NO3/c1-17-13-6-4-3-5-11(13)10-7-8-15-9-12(10)14(16)18-2/h3-6,10,12,15H,7-9H2,1-2H3. The zero-order valence-corrected chi connectivity index (χ0v) is 10.8. The highest BCUT2D eigenvalue weighted by Gasteiger charge is 2.34. The minimum atomic E-state index is -0.155. The molecule has 1 heterocycles. The van der Waals surface area contributed by atoms with Crippen LogP contribution in [-0.4, -0.2) is 33.3 Å². The molecule has 2 atom stereocenters. The highest BCUT2D eigenvalue weighted by atomic mass is 16.5. The van der Waals surface area contributed by atoms with Gasteiger partial charge in [-0.25, -0.2) is 0 Å². The Hall–Kier alpha value is -1.55. The van der Waals surface area contributed by atoms with Crippen LogP contribution in [0, 0.1) is 5.92 Å². The molecule has 1 aromatic carbocycles. The Balaban J connectivity index is 2.30. The van der Waals surface area contributed by atoms with Crippen LogP contribution in [-0.2, 0) is 9.53 Å². The summed E-state index contributed by atoms with van der Waals surface area (Å²) in [6.45, 7) is 1.57. The van der Waals surface area contributed by atoms with Crippen LogP contribution in [0.5, 0.6) is 5.75 Å². The van der Waals surface area contributed by atoms with Gasteiger partial charge in [0.05, 0.1) is 20.1 Å². The summed E-state index contributed by atoms with van der Waals surface area (Å²) in [7, 11) is 3.10. The third kappa shape index (κ3) is 2.48. The summed E-state index contributed by atoms with van der Waals surface area (Å²) in [6.07, 6.45) is 0.917. The summed E-state index contributed by atoms with van der Waals surface area (Å²) in [5.41, 5.74) is 1.09. The van der Waals surface area contributed by atoms with E-state index in [9.17, 15) is 4.79 Å². The SMILES string of the molecule is COC(=O)C1CNCCC1c1ccccc1OC. The van der Waals surface area contributed by atoms with Crippen LogP contribution in [0.15, 0.2) is 24.3 Å². The average Bonchev–Trinajstić information content (AvgIpc) is 2.46. The number of esters is 1. The number of hydrogen-bond donors (Lipinski definition) is 1. The topological polar surface area (TPSA) is 47.6 Å². The minimum absolute atomic E-state index is 0.139. The number of rotatable bonds is 3. The van der Waals surface area contributed by atoms with E-state index in [0.717, 1.165) is 24.3 Å². The zero-order chi connectivity index (χ0) is 13.0. The number of hydrogen-bond acceptors (Lipinski definition) is 4. The number of methoxy groups -OCH3 is 2. The van der Waals surface area contributed by atoms with Gasteiger partial charge in [-0.2, -0.15) is 0 Å². The number of ether oxygens (including phenoxy) is 2. The molecular weight excluding hydrogens is 230 g/mol. The second-order valence-corrected chi connectivity index (χ2v) is 4.47. The predicted octanol–water partition coefficient (Wildman–Crippen LogP) is 1.56. The molecule has 0 spiro atoms. The maximum atomic E-state index is 11.8. The lowest BCUT2D eigenvalue weighted by Gasteiger charge is -2.31. The minimum Gasteiger partial charge on any atom is -0.496 e. The second kappa shape index (κ2) is 5.87. The van der Waals surface area contributed by atoms with E-state index in [-0.39, 0.29) is 17.8 Å². The summed E-state index contributed by atoms with van der Waals surface area (Å²) in [4.78, 5) is 11.8. The third-order valence-electron chi connectivity index (χ3n) is 3.52. The monoisotopic (exact) mass is 249 g/mol. The van der Waals surface area contributed by atoms with Crippen molar-refractivity contribution in [1.29, 1.82) is 0 Å². The molecule has 1 N–H and O–H groups in total. The van der Waals surface area contributed by atoms with Gasteiger partial charge in [0.2, 0.25) is 0 Å². The van der Waals surface area contributed by atoms with Gasteiger partial charge in [0, 0.05) is 12.5 Å². The fourth-order valence-electron chi connectivity index (χ4n) is 2.60. The van der Waals surface area contributed by atoms with Gasteiger partial charge < -0.3 is 14.8 Å². The van der Waals surface area contributed by atoms with E-state index in [1.54, 1.807) is 7.11 Å². The lowest BCUT2D eigenvalue weighted by Crippen LogP contribution is -2.40. The van der Waals surface area contributed by atoms with Crippen LogP contribution in [0.1, 0.15) is 17.9 Å². The quantitative estimate of drug-likeness (QED) is 0.826. The van der Waals surface area contributed by atoms with Crippen molar-refractivity contribution < 1.29 is 14.3 Å². The van der Waals surface area contributed by atoms with Gasteiger partial charge in [0.25, 0.3) is 0 Å². The van der Waals surface area contributed by atoms with Crippen LogP contribution < -0.4 is 10.1 Å². The smallest absolute Gasteiger partial charge is 0.310 e. The molecule has 98 valence electrons. The summed E-state index contributed by atoms with van der Waals surface area (Å²) in [5.74, 6) is 0.714. The molecule has 4 heteroatoms. The normalized spacial score (nSPS) is 23.4. The number of carbonyl (C=O) groups is 1. The maximum absolute atomic E-state index is 11.8. The molecule has 18 heavy (non-hydrogen) atoms. The Morgan fingerprint density at radius 2 is 2.11 bits per heavy atom. The third-order valence-corrected chi connectivity index (χ3v) is 3.52. The van der Waals surface area contributed by atoms with Crippen molar-refractivity contribution in [3.63, 3.8) is 0 Å². The summed E-state index contributed by atoms with van der Waals surface area (Å²) in [6, 6.07) is 7.89. The Kier molecular flexibility index (Phi) is 4.20. The van der Waals surface area contributed by atoms with Gasteiger partial charge in [0.1, 0.15) is 5.75 Å². The molecule has 0 radical (unpaired) electrons. The number of benzene rings is 1. The first-order valence-corrected chi connectivity index (χ1v) is 6.19. The highest BCUT2D eigenvalue weighted by molar-refractivity contribution is 5.74. The molecular formula is C14H19NO3. The number of nitrogens with one attached hydrogen (secondary N) is 1. The molecule has 0 aromatic heterocycles. The number of carbonyl (C=O) groups excluding carboxylic acids is 1. The van der Waals surface area contributed by atoms with Crippen molar-refractivity contribution in [2.24, 2.45) is 5.92 Å². The largest absolute Gasteiger partial charge is 0.496 e. The fourth-order valence-corrected chi connectivity index (χ4v) is 2.60. The molecule has 1 aromatic rings. The Morgan fingerprint density at radius 3 is 2.83 bits per heavy atom. The van der Waals surface area contributed by atoms with Crippen LogP contribution in [0.25, 0.3) is 0 Å². The Bertz CT molecular complexity index is 419. The van der Waals surface area contributed by atoms with Crippen molar-refractivity contribution in [3.05, 3.63) is 29.8 Å². The first-order valence-electron chi connectivity index (χ1n) is 6.19. The van der Waals surface area contributed by atoms with Crippen LogP contribution in [0.4, 0.5) is 0 Å². The molecule has 0 bridgehead atoms. The second-order valence-electron chi connectivity index (χ2n) is 4.47. The molecule has 1 fully saturated rings. The molecule has 0 aliphatic carbocycles. The van der Waals surface area contributed by atoms with Crippen molar-refractivity contribution in [2.45, 2.75) is 12.3 Å². The van der Waals surface area contributed by atoms with E-state index < -0.39 is 0 Å². The van der Waals surface area contributed by atoms with E-state index in [2.05, 4.69) is 5.32 Å². The van der Waals surface area contributed by atoms with E-state index in [1.807, 2.05) is 24.3 Å².